The van der Waals surface area contributed by atoms with Crippen LogP contribution in [0.3, 0.4) is 0 Å². The molecular weight excluding hydrogens is 174 g/mol. The van der Waals surface area contributed by atoms with Gasteiger partial charge in [0.15, 0.2) is 0 Å². The molecule has 0 saturated carbocycles. The van der Waals surface area contributed by atoms with E-state index in [9.17, 15) is 4.79 Å². The SMILES string of the molecule is CC(C)c1sc(C(=O)O)cc1N. The molecule has 0 atom stereocenters. The minimum absolute atomic E-state index is 0.295. The van der Waals surface area contributed by atoms with Crippen LogP contribution in [0.25, 0.3) is 0 Å². The van der Waals surface area contributed by atoms with Crippen molar-refractivity contribution in [3.8, 4) is 0 Å². The molecule has 3 N–H and O–H groups in total. The van der Waals surface area contributed by atoms with E-state index in [1.165, 1.54) is 17.4 Å². The Morgan fingerprint density at radius 1 is 1.67 bits per heavy atom. The molecule has 4 heteroatoms. The molecule has 0 aliphatic heterocycles. The summed E-state index contributed by atoms with van der Waals surface area (Å²) in [6, 6.07) is 1.52. The second kappa shape index (κ2) is 3.15. The van der Waals surface area contributed by atoms with Crippen LogP contribution in [0.4, 0.5) is 5.69 Å². The van der Waals surface area contributed by atoms with E-state index in [0.717, 1.165) is 4.88 Å². The average Bonchev–Trinajstić information content (AvgIpc) is 2.30. The lowest BCUT2D eigenvalue weighted by Gasteiger charge is -2.00. The van der Waals surface area contributed by atoms with Crippen molar-refractivity contribution in [2.24, 2.45) is 0 Å². The number of nitrogens with two attached hydrogens (primary N) is 1. The van der Waals surface area contributed by atoms with Gasteiger partial charge in [0.25, 0.3) is 0 Å². The maximum absolute atomic E-state index is 10.5. The van der Waals surface area contributed by atoms with Crippen molar-refractivity contribution < 1.29 is 9.90 Å². The van der Waals surface area contributed by atoms with Crippen molar-refractivity contribution in [2.45, 2.75) is 19.8 Å². The van der Waals surface area contributed by atoms with Crippen molar-refractivity contribution in [3.05, 3.63) is 15.8 Å². The molecule has 0 bridgehead atoms. The molecule has 12 heavy (non-hydrogen) atoms. The fraction of sp³-hybridized carbons (Fsp3) is 0.375. The maximum atomic E-state index is 10.5. The molecule has 1 aromatic heterocycles. The highest BCUT2D eigenvalue weighted by atomic mass is 32.1. The first kappa shape index (κ1) is 9.06. The monoisotopic (exact) mass is 185 g/mol. The minimum atomic E-state index is -0.904. The summed E-state index contributed by atoms with van der Waals surface area (Å²) in [5, 5.41) is 8.66. The van der Waals surface area contributed by atoms with E-state index in [1.807, 2.05) is 13.8 Å². The Kier molecular flexibility index (Phi) is 2.38. The third-order valence-corrected chi connectivity index (χ3v) is 2.97. The van der Waals surface area contributed by atoms with Gasteiger partial charge < -0.3 is 10.8 Å². The molecule has 0 unspecified atom stereocenters. The molecule has 3 nitrogen and oxygen atoms in total. The smallest absolute Gasteiger partial charge is 0.345 e. The predicted octanol–water partition coefficient (Wildman–Crippen LogP) is 2.15. The lowest BCUT2D eigenvalue weighted by molar-refractivity contribution is 0.0702. The molecule has 0 fully saturated rings. The maximum Gasteiger partial charge on any atom is 0.345 e. The molecule has 0 aromatic carbocycles. The van der Waals surface area contributed by atoms with Crippen LogP contribution in [0.5, 0.6) is 0 Å². The summed E-state index contributed by atoms with van der Waals surface area (Å²) < 4.78 is 0. The Morgan fingerprint density at radius 3 is 2.50 bits per heavy atom. The number of carboxylic acid groups (broad SMARTS) is 1. The Bertz CT molecular complexity index is 304. The van der Waals surface area contributed by atoms with Gasteiger partial charge in [-0.05, 0) is 12.0 Å². The molecule has 66 valence electrons. The van der Waals surface area contributed by atoms with Crippen molar-refractivity contribution in [2.75, 3.05) is 5.73 Å². The largest absolute Gasteiger partial charge is 0.477 e. The van der Waals surface area contributed by atoms with Gasteiger partial charge >= 0.3 is 5.97 Å². The second-order valence-electron chi connectivity index (χ2n) is 2.89. The Morgan fingerprint density at radius 2 is 2.25 bits per heavy atom. The van der Waals surface area contributed by atoms with Gasteiger partial charge in [0.05, 0.1) is 0 Å². The van der Waals surface area contributed by atoms with Crippen LogP contribution < -0.4 is 5.73 Å². The zero-order valence-electron chi connectivity index (χ0n) is 7.00. The van der Waals surface area contributed by atoms with Crippen LogP contribution >= 0.6 is 11.3 Å². The van der Waals surface area contributed by atoms with Crippen molar-refractivity contribution in [3.63, 3.8) is 0 Å². The number of aromatic carboxylic acids is 1. The molecule has 1 rings (SSSR count). The van der Waals surface area contributed by atoms with Gasteiger partial charge in [0, 0.05) is 10.6 Å². The number of thiophene rings is 1. The van der Waals surface area contributed by atoms with Gasteiger partial charge in [-0.2, -0.15) is 0 Å². The van der Waals surface area contributed by atoms with Gasteiger partial charge in [0.2, 0.25) is 0 Å². The zero-order valence-corrected chi connectivity index (χ0v) is 7.81. The molecule has 0 aliphatic carbocycles. The van der Waals surface area contributed by atoms with Crippen LogP contribution in [-0.2, 0) is 0 Å². The van der Waals surface area contributed by atoms with E-state index in [4.69, 9.17) is 10.8 Å². The van der Waals surface area contributed by atoms with Crippen molar-refractivity contribution in [1.82, 2.24) is 0 Å². The fourth-order valence-electron chi connectivity index (χ4n) is 0.976. The van der Waals surface area contributed by atoms with Gasteiger partial charge in [-0.1, -0.05) is 13.8 Å². The fourth-order valence-corrected chi connectivity index (χ4v) is 1.90. The van der Waals surface area contributed by atoms with Gasteiger partial charge in [-0.15, -0.1) is 11.3 Å². The standard InChI is InChI=1S/C8H11NO2S/c1-4(2)7-5(9)3-6(12-7)8(10)11/h3-4H,9H2,1-2H3,(H,10,11). The number of rotatable bonds is 2. The van der Waals surface area contributed by atoms with E-state index in [1.54, 1.807) is 0 Å². The first-order valence-electron chi connectivity index (χ1n) is 3.65. The van der Waals surface area contributed by atoms with E-state index in [0.29, 0.717) is 16.5 Å². The summed E-state index contributed by atoms with van der Waals surface area (Å²) in [5.41, 5.74) is 6.22. The summed E-state index contributed by atoms with van der Waals surface area (Å²) in [6.07, 6.45) is 0. The highest BCUT2D eigenvalue weighted by molar-refractivity contribution is 7.14. The number of carboxylic acids is 1. The number of carbonyl (C=O) groups is 1. The quantitative estimate of drug-likeness (QED) is 0.742. The van der Waals surface area contributed by atoms with Gasteiger partial charge in [-0.25, -0.2) is 4.79 Å². The molecule has 1 aromatic rings. The lowest BCUT2D eigenvalue weighted by atomic mass is 10.1. The minimum Gasteiger partial charge on any atom is -0.477 e. The molecule has 0 radical (unpaired) electrons. The molecular formula is C8H11NO2S. The molecule has 0 amide bonds. The predicted molar refractivity (Wildman–Crippen MR) is 49.8 cm³/mol. The molecule has 0 spiro atoms. The summed E-state index contributed by atoms with van der Waals surface area (Å²) in [7, 11) is 0. The van der Waals surface area contributed by atoms with Crippen LogP contribution in [0.1, 0.15) is 34.3 Å². The Hall–Kier alpha value is -1.03. The van der Waals surface area contributed by atoms with Gasteiger partial charge in [-0.3, -0.25) is 0 Å². The van der Waals surface area contributed by atoms with Crippen LogP contribution in [0.15, 0.2) is 6.07 Å². The van der Waals surface area contributed by atoms with E-state index in [2.05, 4.69) is 0 Å². The number of anilines is 1. The normalized spacial score (nSPS) is 10.6. The summed E-state index contributed by atoms with van der Waals surface area (Å²) in [4.78, 5) is 11.8. The second-order valence-corrected chi connectivity index (χ2v) is 3.97. The summed E-state index contributed by atoms with van der Waals surface area (Å²) in [6.45, 7) is 3.99. The van der Waals surface area contributed by atoms with E-state index >= 15 is 0 Å². The highest BCUT2D eigenvalue weighted by Crippen LogP contribution is 2.31. The first-order valence-corrected chi connectivity index (χ1v) is 4.46. The first-order chi connectivity index (χ1) is 5.52. The van der Waals surface area contributed by atoms with Crippen LogP contribution in [-0.4, -0.2) is 11.1 Å². The van der Waals surface area contributed by atoms with Crippen molar-refractivity contribution >= 4 is 23.0 Å². The Balaban J connectivity index is 3.09. The third-order valence-electron chi connectivity index (χ3n) is 1.53. The average molecular weight is 185 g/mol. The lowest BCUT2D eigenvalue weighted by Crippen LogP contribution is -1.90. The molecule has 0 saturated heterocycles. The van der Waals surface area contributed by atoms with Crippen LogP contribution in [0, 0.1) is 0 Å². The number of hydrogen-bond donors (Lipinski definition) is 2. The summed E-state index contributed by atoms with van der Waals surface area (Å²) >= 11 is 1.25. The van der Waals surface area contributed by atoms with Gasteiger partial charge in [0.1, 0.15) is 4.88 Å². The van der Waals surface area contributed by atoms with E-state index < -0.39 is 5.97 Å². The number of nitrogen functional groups attached to an aromatic ring is 1. The molecule has 0 aliphatic rings. The number of hydrogen-bond acceptors (Lipinski definition) is 3. The topological polar surface area (TPSA) is 63.3 Å². The van der Waals surface area contributed by atoms with Crippen LogP contribution in [0.2, 0.25) is 0 Å². The van der Waals surface area contributed by atoms with E-state index in [-0.39, 0.29) is 0 Å². The molecule has 1 heterocycles. The summed E-state index contributed by atoms with van der Waals surface area (Å²) in [5.74, 6) is -0.610. The van der Waals surface area contributed by atoms with Crippen molar-refractivity contribution in [1.29, 1.82) is 0 Å². The third kappa shape index (κ3) is 1.58. The Labute approximate surface area is 74.8 Å². The highest BCUT2D eigenvalue weighted by Gasteiger charge is 2.13. The zero-order chi connectivity index (χ0) is 9.30.